The normalized spacial score (nSPS) is 30.1. The molecule has 1 aliphatic rings. The first-order valence-electron chi connectivity index (χ1n) is 8.63. The van der Waals surface area contributed by atoms with Gasteiger partial charge in [0.2, 0.25) is 0 Å². The summed E-state index contributed by atoms with van der Waals surface area (Å²) < 4.78 is 15.0. The molecule has 1 aromatic heterocycles. The van der Waals surface area contributed by atoms with E-state index < -0.39 is 36.3 Å². The van der Waals surface area contributed by atoms with Crippen molar-refractivity contribution in [2.45, 2.75) is 85.4 Å². The van der Waals surface area contributed by atoms with E-state index >= 15 is 0 Å². The molecule has 0 saturated carbocycles. The van der Waals surface area contributed by atoms with E-state index in [0.29, 0.717) is 17.4 Å². The summed E-state index contributed by atoms with van der Waals surface area (Å²) in [7, 11) is 0. The number of ether oxygens (including phenoxy) is 1. The highest BCUT2D eigenvalue weighted by Crippen LogP contribution is 2.32. The van der Waals surface area contributed by atoms with Crippen LogP contribution in [0.1, 0.15) is 53.1 Å². The minimum atomic E-state index is -1.12. The quantitative estimate of drug-likeness (QED) is 0.735. The van der Waals surface area contributed by atoms with Crippen LogP contribution in [0.4, 0.5) is 0 Å². The van der Waals surface area contributed by atoms with Crippen LogP contribution in [0.5, 0.6) is 0 Å². The molecule has 7 nitrogen and oxygen atoms in total. The topological polar surface area (TPSA) is 113 Å². The monoisotopic (exact) mass is 360 g/mol. The van der Waals surface area contributed by atoms with Crippen LogP contribution in [0, 0.1) is 18.3 Å². The number of hydrogen-bond acceptors (Lipinski definition) is 7. The number of aryl methyl sites for hydroxylation is 1. The zero-order chi connectivity index (χ0) is 19.5. The average Bonchev–Trinajstić information content (AvgIpc) is 2.77. The smallest absolute Gasteiger partial charge is 0.396 e. The molecule has 3 N–H and O–H groups in total. The molecular formula is C18H32O7. The standard InChI is InChI=1S/C10H20O4.C8H12O3/c1-5-6(11)7(12)8(13)9(14-5)10(2,3)4;1-5(2)4-7-6(3)10-8(9)11-7/h5-9,11-13H,1-4H3;5H,4H2,1-3H3. The van der Waals surface area contributed by atoms with Crippen LogP contribution < -0.4 is 5.82 Å². The SMILES string of the molecule is CC1OC(C(C)(C)C)C(O)C(O)C1O.Cc1oc(=O)oc1CC(C)C. The van der Waals surface area contributed by atoms with Gasteiger partial charge in [-0.15, -0.1) is 0 Å². The lowest BCUT2D eigenvalue weighted by molar-refractivity contribution is -0.239. The summed E-state index contributed by atoms with van der Waals surface area (Å²) in [5, 5.41) is 28.8. The molecule has 1 aromatic rings. The number of aliphatic hydroxyl groups excluding tert-OH is 3. The molecule has 0 aromatic carbocycles. The molecule has 0 radical (unpaired) electrons. The van der Waals surface area contributed by atoms with Gasteiger partial charge in [-0.25, -0.2) is 4.79 Å². The molecule has 0 bridgehead atoms. The van der Waals surface area contributed by atoms with E-state index in [-0.39, 0.29) is 5.41 Å². The van der Waals surface area contributed by atoms with Crippen molar-refractivity contribution in [2.75, 3.05) is 0 Å². The van der Waals surface area contributed by atoms with Crippen LogP contribution in [0.3, 0.4) is 0 Å². The van der Waals surface area contributed by atoms with E-state index in [4.69, 9.17) is 13.6 Å². The Morgan fingerprint density at radius 3 is 2.00 bits per heavy atom. The lowest BCUT2D eigenvalue weighted by atomic mass is 9.80. The maximum atomic E-state index is 10.6. The van der Waals surface area contributed by atoms with Gasteiger partial charge in [0.25, 0.3) is 0 Å². The molecule has 1 saturated heterocycles. The van der Waals surface area contributed by atoms with E-state index in [1.807, 2.05) is 20.8 Å². The van der Waals surface area contributed by atoms with Crippen molar-refractivity contribution in [3.63, 3.8) is 0 Å². The fourth-order valence-corrected chi connectivity index (χ4v) is 2.70. The second kappa shape index (κ2) is 8.49. The van der Waals surface area contributed by atoms with Crippen LogP contribution in [0.15, 0.2) is 13.6 Å². The summed E-state index contributed by atoms with van der Waals surface area (Å²) >= 11 is 0. The van der Waals surface area contributed by atoms with Gasteiger partial charge in [-0.05, 0) is 25.2 Å². The van der Waals surface area contributed by atoms with Gasteiger partial charge in [-0.2, -0.15) is 0 Å². The molecule has 1 fully saturated rings. The van der Waals surface area contributed by atoms with Crippen LogP contribution in [-0.2, 0) is 11.2 Å². The van der Waals surface area contributed by atoms with E-state index in [1.54, 1.807) is 13.8 Å². The Kier molecular flexibility index (Phi) is 7.43. The van der Waals surface area contributed by atoms with Crippen molar-refractivity contribution in [3.05, 3.63) is 22.1 Å². The largest absolute Gasteiger partial charge is 0.519 e. The average molecular weight is 360 g/mol. The van der Waals surface area contributed by atoms with Gasteiger partial charge in [0.1, 0.15) is 29.8 Å². The van der Waals surface area contributed by atoms with E-state index in [0.717, 1.165) is 6.42 Å². The minimum Gasteiger partial charge on any atom is -0.396 e. The van der Waals surface area contributed by atoms with Gasteiger partial charge >= 0.3 is 5.82 Å². The number of rotatable bonds is 2. The lowest BCUT2D eigenvalue weighted by Gasteiger charge is -2.44. The predicted octanol–water partition coefficient (Wildman–Crippen LogP) is 1.64. The Labute approximate surface area is 148 Å². The fourth-order valence-electron chi connectivity index (χ4n) is 2.70. The fraction of sp³-hybridized carbons (Fsp3) is 0.833. The van der Waals surface area contributed by atoms with Gasteiger partial charge in [0.15, 0.2) is 0 Å². The summed E-state index contributed by atoms with van der Waals surface area (Å²) in [6, 6.07) is 0. The summed E-state index contributed by atoms with van der Waals surface area (Å²) in [6.07, 6.45) is -3.29. The van der Waals surface area contributed by atoms with Crippen LogP contribution in [0.25, 0.3) is 0 Å². The van der Waals surface area contributed by atoms with Gasteiger partial charge in [0, 0.05) is 6.42 Å². The van der Waals surface area contributed by atoms with E-state index in [2.05, 4.69) is 13.8 Å². The highest BCUT2D eigenvalue weighted by atomic mass is 16.6. The Bertz CT molecular complexity index is 581. The zero-order valence-electron chi connectivity index (χ0n) is 16.1. The van der Waals surface area contributed by atoms with E-state index in [9.17, 15) is 20.1 Å². The van der Waals surface area contributed by atoms with Crippen molar-refractivity contribution in [2.24, 2.45) is 11.3 Å². The zero-order valence-corrected chi connectivity index (χ0v) is 16.1. The third kappa shape index (κ3) is 5.95. The van der Waals surface area contributed by atoms with Crippen LogP contribution in [-0.4, -0.2) is 45.8 Å². The minimum absolute atomic E-state index is 0.255. The highest BCUT2D eigenvalue weighted by Gasteiger charge is 2.46. The second-order valence-electron chi connectivity index (χ2n) is 8.13. The first-order valence-corrected chi connectivity index (χ1v) is 8.63. The summed E-state index contributed by atoms with van der Waals surface area (Å²) in [5.41, 5.74) is -0.255. The van der Waals surface area contributed by atoms with Gasteiger partial charge in [0.05, 0.1) is 12.2 Å². The van der Waals surface area contributed by atoms with Crippen molar-refractivity contribution in [1.82, 2.24) is 0 Å². The number of hydrogen-bond donors (Lipinski definition) is 3. The second-order valence-corrected chi connectivity index (χ2v) is 8.13. The molecule has 5 unspecified atom stereocenters. The van der Waals surface area contributed by atoms with Crippen LogP contribution in [0.2, 0.25) is 0 Å². The molecule has 5 atom stereocenters. The molecule has 1 aliphatic heterocycles. The van der Waals surface area contributed by atoms with E-state index in [1.165, 1.54) is 0 Å². The highest BCUT2D eigenvalue weighted by molar-refractivity contribution is 5.00. The maximum absolute atomic E-state index is 10.6. The molecule has 2 heterocycles. The first kappa shape index (κ1) is 21.9. The summed E-state index contributed by atoms with van der Waals surface area (Å²) in [5.74, 6) is 1.15. The molecule has 0 aliphatic carbocycles. The van der Waals surface area contributed by atoms with Crippen molar-refractivity contribution >= 4 is 0 Å². The van der Waals surface area contributed by atoms with Crippen molar-refractivity contribution in [3.8, 4) is 0 Å². The third-order valence-electron chi connectivity index (χ3n) is 4.14. The molecule has 0 spiro atoms. The molecule has 2 rings (SSSR count). The lowest BCUT2D eigenvalue weighted by Crippen LogP contribution is -2.59. The van der Waals surface area contributed by atoms with Gasteiger partial charge < -0.3 is 28.9 Å². The Morgan fingerprint density at radius 1 is 1.04 bits per heavy atom. The Morgan fingerprint density at radius 2 is 1.60 bits per heavy atom. The Balaban J connectivity index is 0.000000257. The van der Waals surface area contributed by atoms with Crippen LogP contribution >= 0.6 is 0 Å². The van der Waals surface area contributed by atoms with Crippen molar-refractivity contribution < 1.29 is 28.9 Å². The van der Waals surface area contributed by atoms with Crippen molar-refractivity contribution in [1.29, 1.82) is 0 Å². The molecular weight excluding hydrogens is 328 g/mol. The number of aliphatic hydroxyl groups is 3. The Hall–Kier alpha value is -1.15. The summed E-state index contributed by atoms with van der Waals surface area (Å²) in [6.45, 7) is 13.3. The molecule has 146 valence electrons. The molecule has 25 heavy (non-hydrogen) atoms. The maximum Gasteiger partial charge on any atom is 0.519 e. The third-order valence-corrected chi connectivity index (χ3v) is 4.14. The first-order chi connectivity index (χ1) is 11.3. The summed E-state index contributed by atoms with van der Waals surface area (Å²) in [4.78, 5) is 10.6. The van der Waals surface area contributed by atoms with Gasteiger partial charge in [-0.3, -0.25) is 0 Å². The van der Waals surface area contributed by atoms with Gasteiger partial charge in [-0.1, -0.05) is 34.6 Å². The molecule has 7 heteroatoms. The molecule has 0 amide bonds. The predicted molar refractivity (Wildman–Crippen MR) is 92.3 cm³/mol.